The Bertz CT molecular complexity index is 1320. The highest BCUT2D eigenvalue weighted by Crippen LogP contribution is 2.40. The van der Waals surface area contributed by atoms with Gasteiger partial charge in [-0.15, -0.1) is 0 Å². The molecule has 2 aliphatic rings. The van der Waals surface area contributed by atoms with Crippen LogP contribution in [0.5, 0.6) is 5.75 Å². The van der Waals surface area contributed by atoms with Crippen molar-refractivity contribution in [2.24, 2.45) is 0 Å². The zero-order valence-electron chi connectivity index (χ0n) is 21.1. The van der Waals surface area contributed by atoms with Gasteiger partial charge >= 0.3 is 0 Å². The maximum Gasteiger partial charge on any atom is 0.255 e. The molecule has 0 aliphatic carbocycles. The second-order valence-corrected chi connectivity index (χ2v) is 10.3. The third-order valence-electron chi connectivity index (χ3n) is 7.27. The summed E-state index contributed by atoms with van der Waals surface area (Å²) >= 11 is 3.47. The second-order valence-electron chi connectivity index (χ2n) is 9.49. The van der Waals surface area contributed by atoms with Crippen LogP contribution in [-0.4, -0.2) is 66.5 Å². The number of para-hydroxylation sites is 1. The number of ether oxygens (including phenoxy) is 1. The van der Waals surface area contributed by atoms with Crippen molar-refractivity contribution in [2.45, 2.75) is 18.4 Å². The van der Waals surface area contributed by atoms with Gasteiger partial charge in [-0.3, -0.25) is 14.4 Å². The number of hydrogen-bond donors (Lipinski definition) is 1. The van der Waals surface area contributed by atoms with Crippen LogP contribution < -0.4 is 15.0 Å². The van der Waals surface area contributed by atoms with E-state index in [1.807, 2.05) is 48.5 Å². The molecule has 196 valence electrons. The van der Waals surface area contributed by atoms with Crippen LogP contribution in [0.4, 0.5) is 11.4 Å². The average molecular weight is 577 g/mol. The van der Waals surface area contributed by atoms with E-state index in [2.05, 4.69) is 26.1 Å². The highest BCUT2D eigenvalue weighted by molar-refractivity contribution is 9.10. The summed E-state index contributed by atoms with van der Waals surface area (Å²) in [6, 6.07) is 24.2. The molecule has 2 saturated heterocycles. The van der Waals surface area contributed by atoms with Gasteiger partial charge in [0.2, 0.25) is 5.91 Å². The zero-order chi connectivity index (χ0) is 26.7. The number of halogens is 1. The maximum atomic E-state index is 13.9. The van der Waals surface area contributed by atoms with Gasteiger partial charge in [-0.1, -0.05) is 30.3 Å². The van der Waals surface area contributed by atoms with E-state index in [1.165, 1.54) is 0 Å². The second kappa shape index (κ2) is 10.9. The smallest absolute Gasteiger partial charge is 0.255 e. The number of nitrogens with zero attached hydrogens (tertiary/aromatic N) is 3. The first-order valence-corrected chi connectivity index (χ1v) is 13.3. The molecule has 0 atom stereocenters. The molecule has 5 rings (SSSR count). The van der Waals surface area contributed by atoms with E-state index in [9.17, 15) is 14.4 Å². The van der Waals surface area contributed by atoms with Crippen molar-refractivity contribution in [1.82, 2.24) is 9.80 Å². The first-order chi connectivity index (χ1) is 18.4. The van der Waals surface area contributed by atoms with Gasteiger partial charge < -0.3 is 24.8 Å². The summed E-state index contributed by atoms with van der Waals surface area (Å²) in [5, 5.41) is 2.87. The van der Waals surface area contributed by atoms with Crippen molar-refractivity contribution in [1.29, 1.82) is 0 Å². The molecule has 2 heterocycles. The van der Waals surface area contributed by atoms with Crippen LogP contribution in [0.1, 0.15) is 23.2 Å². The number of hydrogen-bond acceptors (Lipinski definition) is 5. The van der Waals surface area contributed by atoms with Crippen LogP contribution in [0.2, 0.25) is 0 Å². The van der Waals surface area contributed by atoms with E-state index < -0.39 is 5.54 Å². The van der Waals surface area contributed by atoms with E-state index in [0.717, 1.165) is 10.2 Å². The molecule has 0 bridgehead atoms. The fraction of sp³-hybridized carbons (Fsp3) is 0.276. The molecular formula is C29H29BrN4O4. The van der Waals surface area contributed by atoms with Crippen LogP contribution in [0, 0.1) is 0 Å². The average Bonchev–Trinajstić information content (AvgIpc) is 3.20. The van der Waals surface area contributed by atoms with Crippen molar-refractivity contribution in [2.75, 3.05) is 43.6 Å². The Hall–Kier alpha value is -3.85. The van der Waals surface area contributed by atoms with Gasteiger partial charge in [0.05, 0.1) is 19.3 Å². The van der Waals surface area contributed by atoms with E-state index in [0.29, 0.717) is 49.6 Å². The third kappa shape index (κ3) is 4.98. The Kier molecular flexibility index (Phi) is 7.37. The Morgan fingerprint density at radius 1 is 0.947 bits per heavy atom. The summed E-state index contributed by atoms with van der Waals surface area (Å²) in [6.45, 7) is 1.13. The predicted octanol–water partition coefficient (Wildman–Crippen LogP) is 4.38. The Labute approximate surface area is 230 Å². The molecule has 0 saturated carbocycles. The van der Waals surface area contributed by atoms with Gasteiger partial charge in [0.1, 0.15) is 17.8 Å². The molecule has 1 spiro atoms. The lowest BCUT2D eigenvalue weighted by atomic mass is 9.85. The van der Waals surface area contributed by atoms with Gasteiger partial charge in [-0.2, -0.15) is 0 Å². The lowest BCUT2D eigenvalue weighted by Gasteiger charge is -2.43. The Morgan fingerprint density at radius 3 is 2.26 bits per heavy atom. The van der Waals surface area contributed by atoms with E-state index in [4.69, 9.17) is 4.74 Å². The van der Waals surface area contributed by atoms with Gasteiger partial charge in [0.25, 0.3) is 11.8 Å². The van der Waals surface area contributed by atoms with Crippen LogP contribution in [0.3, 0.4) is 0 Å². The molecule has 0 unspecified atom stereocenters. The summed E-state index contributed by atoms with van der Waals surface area (Å²) in [6.07, 6.45) is 0.959. The number of carbonyl (C=O) groups excluding carboxylic acids is 3. The van der Waals surface area contributed by atoms with Gasteiger partial charge in [-0.25, -0.2) is 0 Å². The molecule has 3 aromatic rings. The fourth-order valence-corrected chi connectivity index (χ4v) is 5.71. The minimum atomic E-state index is -0.813. The molecule has 38 heavy (non-hydrogen) atoms. The monoisotopic (exact) mass is 576 g/mol. The molecule has 0 radical (unpaired) electrons. The molecule has 8 nitrogen and oxygen atoms in total. The summed E-state index contributed by atoms with van der Waals surface area (Å²) in [5.74, 6) is 0.289. The highest BCUT2D eigenvalue weighted by Gasteiger charge is 2.54. The standard InChI is InChI=1S/C29H29BrN4O4/c1-38-23-13-11-21(12-14-23)31-26(35)19-33-20-34(22-7-3-2-4-8-22)29(28(33)37)15-17-32(18-16-29)27(36)24-9-5-6-10-25(24)30/h2-14H,15-20H2,1H3,(H,31,35). The first kappa shape index (κ1) is 25.8. The lowest BCUT2D eigenvalue weighted by molar-refractivity contribution is -0.136. The number of anilines is 2. The molecule has 1 N–H and O–H groups in total. The quantitative estimate of drug-likeness (QED) is 0.471. The minimum Gasteiger partial charge on any atom is -0.497 e. The normalized spacial score (nSPS) is 16.6. The molecular weight excluding hydrogens is 548 g/mol. The largest absolute Gasteiger partial charge is 0.497 e. The first-order valence-electron chi connectivity index (χ1n) is 12.5. The van der Waals surface area contributed by atoms with E-state index in [-0.39, 0.29) is 24.3 Å². The molecule has 9 heteroatoms. The number of carbonyl (C=O) groups is 3. The van der Waals surface area contributed by atoms with Crippen molar-refractivity contribution in [3.63, 3.8) is 0 Å². The van der Waals surface area contributed by atoms with E-state index in [1.54, 1.807) is 47.2 Å². The van der Waals surface area contributed by atoms with Crippen molar-refractivity contribution in [3.05, 3.63) is 88.9 Å². The molecule has 3 aromatic carbocycles. The number of benzene rings is 3. The topological polar surface area (TPSA) is 82.2 Å². The zero-order valence-corrected chi connectivity index (χ0v) is 22.7. The minimum absolute atomic E-state index is 0.0558. The SMILES string of the molecule is COc1ccc(NC(=O)CN2CN(c3ccccc3)C3(CCN(C(=O)c4ccccc4Br)CC3)C2=O)cc1. The number of methoxy groups -OCH3 is 1. The Balaban J connectivity index is 1.33. The van der Waals surface area contributed by atoms with Gasteiger partial charge in [0, 0.05) is 28.9 Å². The number of piperidine rings is 1. The van der Waals surface area contributed by atoms with Crippen molar-refractivity contribution in [3.8, 4) is 5.75 Å². The van der Waals surface area contributed by atoms with Crippen LogP contribution in [0.15, 0.2) is 83.3 Å². The number of rotatable bonds is 6. The summed E-state index contributed by atoms with van der Waals surface area (Å²) in [4.78, 5) is 45.5. The van der Waals surface area contributed by atoms with Gasteiger partial charge in [0.15, 0.2) is 0 Å². The van der Waals surface area contributed by atoms with E-state index >= 15 is 0 Å². The molecule has 3 amide bonds. The molecule has 2 aliphatic heterocycles. The lowest BCUT2D eigenvalue weighted by Crippen LogP contribution is -2.57. The Morgan fingerprint density at radius 2 is 1.61 bits per heavy atom. The fourth-order valence-electron chi connectivity index (χ4n) is 5.26. The summed E-state index contributed by atoms with van der Waals surface area (Å²) in [5.41, 5.74) is 1.35. The van der Waals surface area contributed by atoms with Crippen LogP contribution >= 0.6 is 15.9 Å². The predicted molar refractivity (Wildman–Crippen MR) is 149 cm³/mol. The number of nitrogens with one attached hydrogen (secondary N) is 1. The van der Waals surface area contributed by atoms with Crippen LogP contribution in [0.25, 0.3) is 0 Å². The van der Waals surface area contributed by atoms with Crippen molar-refractivity contribution >= 4 is 45.0 Å². The number of likely N-dealkylation sites (tertiary alicyclic amines) is 1. The molecule has 2 fully saturated rings. The summed E-state index contributed by atoms with van der Waals surface area (Å²) < 4.78 is 5.92. The van der Waals surface area contributed by atoms with Crippen LogP contribution in [-0.2, 0) is 9.59 Å². The third-order valence-corrected chi connectivity index (χ3v) is 7.96. The van der Waals surface area contributed by atoms with Gasteiger partial charge in [-0.05, 0) is 77.3 Å². The molecule has 0 aromatic heterocycles. The highest BCUT2D eigenvalue weighted by atomic mass is 79.9. The van der Waals surface area contributed by atoms with Crippen molar-refractivity contribution < 1.29 is 19.1 Å². The summed E-state index contributed by atoms with van der Waals surface area (Å²) in [7, 11) is 1.59. The number of amides is 3. The maximum absolute atomic E-state index is 13.9.